The highest BCUT2D eigenvalue weighted by Crippen LogP contribution is 2.57. The number of fused-ring (bicyclic) bond motifs is 2. The molecule has 6 heteroatoms. The fourth-order valence-corrected chi connectivity index (χ4v) is 7.52. The SMILES string of the molecule is CCN(CC)C(=O)[C@@H](C)[C@H]1CC[C@]2(C)Cc3sc(-c4cccnc4)nc3[C@@H](C)[C@@H]2[C@H]1O. The molecule has 2 aromatic heterocycles. The van der Waals surface area contributed by atoms with Crippen LogP contribution in [0.4, 0.5) is 0 Å². The van der Waals surface area contributed by atoms with Gasteiger partial charge in [-0.25, -0.2) is 4.98 Å². The number of aliphatic hydroxyl groups is 1. The highest BCUT2D eigenvalue weighted by molar-refractivity contribution is 7.15. The van der Waals surface area contributed by atoms with Crippen molar-refractivity contribution in [2.75, 3.05) is 13.1 Å². The summed E-state index contributed by atoms with van der Waals surface area (Å²) >= 11 is 1.78. The number of aromatic nitrogens is 2. The van der Waals surface area contributed by atoms with E-state index in [0.717, 1.165) is 48.6 Å². The topological polar surface area (TPSA) is 66.3 Å². The number of carbonyl (C=O) groups is 1. The molecule has 0 unspecified atom stereocenters. The van der Waals surface area contributed by atoms with Crippen molar-refractivity contribution in [3.8, 4) is 10.6 Å². The van der Waals surface area contributed by atoms with Gasteiger partial charge in [-0.15, -0.1) is 11.3 Å². The Kier molecular flexibility index (Phi) is 6.23. The third-order valence-corrected chi connectivity index (χ3v) is 9.06. The minimum absolute atomic E-state index is 0.00612. The Labute approximate surface area is 189 Å². The molecule has 1 N–H and O–H groups in total. The summed E-state index contributed by atoms with van der Waals surface area (Å²) in [6.07, 6.45) is 6.07. The van der Waals surface area contributed by atoms with Gasteiger partial charge in [-0.1, -0.05) is 20.8 Å². The van der Waals surface area contributed by atoms with Gasteiger partial charge in [0.25, 0.3) is 0 Å². The second kappa shape index (κ2) is 8.62. The predicted octanol–water partition coefficient (Wildman–Crippen LogP) is 4.76. The molecule has 0 aliphatic heterocycles. The normalized spacial score (nSPS) is 30.9. The fourth-order valence-electron chi connectivity index (χ4n) is 6.17. The van der Waals surface area contributed by atoms with E-state index >= 15 is 0 Å². The Balaban J connectivity index is 1.62. The first-order valence-electron chi connectivity index (χ1n) is 11.7. The molecule has 0 radical (unpaired) electrons. The average molecular weight is 442 g/mol. The summed E-state index contributed by atoms with van der Waals surface area (Å²) in [5.74, 6) is 0.314. The minimum Gasteiger partial charge on any atom is -0.392 e. The van der Waals surface area contributed by atoms with E-state index in [-0.39, 0.29) is 35.0 Å². The summed E-state index contributed by atoms with van der Waals surface area (Å²) in [5.41, 5.74) is 2.23. The number of aliphatic hydroxyl groups excluding tert-OH is 1. The lowest BCUT2D eigenvalue weighted by Crippen LogP contribution is -2.53. The zero-order valence-corrected chi connectivity index (χ0v) is 20.2. The van der Waals surface area contributed by atoms with Crippen LogP contribution in [0.25, 0.3) is 10.6 Å². The van der Waals surface area contributed by atoms with Crippen LogP contribution in [-0.2, 0) is 11.2 Å². The van der Waals surface area contributed by atoms with Crippen LogP contribution in [-0.4, -0.2) is 45.1 Å². The Bertz CT molecular complexity index is 926. The molecule has 2 aliphatic carbocycles. The lowest BCUT2D eigenvalue weighted by molar-refractivity contribution is -0.144. The molecule has 0 saturated heterocycles. The Hall–Kier alpha value is -1.79. The van der Waals surface area contributed by atoms with Gasteiger partial charge in [0.05, 0.1) is 11.8 Å². The minimum atomic E-state index is -0.486. The molecule has 6 atom stereocenters. The predicted molar refractivity (Wildman–Crippen MR) is 125 cm³/mol. The first-order valence-corrected chi connectivity index (χ1v) is 12.5. The van der Waals surface area contributed by atoms with Gasteiger partial charge in [0.2, 0.25) is 5.91 Å². The number of pyridine rings is 1. The number of carbonyl (C=O) groups excluding carboxylic acids is 1. The summed E-state index contributed by atoms with van der Waals surface area (Å²) in [5, 5.41) is 12.6. The maximum absolute atomic E-state index is 13.0. The molecule has 2 aromatic rings. The number of nitrogens with zero attached hydrogens (tertiary/aromatic N) is 3. The lowest BCUT2D eigenvalue weighted by atomic mass is 9.53. The van der Waals surface area contributed by atoms with Crippen molar-refractivity contribution in [1.82, 2.24) is 14.9 Å². The van der Waals surface area contributed by atoms with E-state index in [0.29, 0.717) is 0 Å². The molecule has 2 heterocycles. The van der Waals surface area contributed by atoms with Crippen molar-refractivity contribution >= 4 is 17.2 Å². The van der Waals surface area contributed by atoms with Gasteiger partial charge in [-0.05, 0) is 62.5 Å². The second-order valence-electron chi connectivity index (χ2n) is 9.71. The number of thiazole rings is 1. The molecule has 1 fully saturated rings. The van der Waals surface area contributed by atoms with Crippen molar-refractivity contribution < 1.29 is 9.90 Å². The highest BCUT2D eigenvalue weighted by Gasteiger charge is 2.54. The Morgan fingerprint density at radius 3 is 2.77 bits per heavy atom. The molecule has 2 aliphatic rings. The standard InChI is InChI=1S/C25H35N3O2S/c1-6-28(7-2)24(30)15(3)18-10-11-25(5)13-19-21(16(4)20(25)22(18)29)27-23(31-19)17-9-8-12-26-14-17/h8-9,12,14-16,18,20,22,29H,6-7,10-11,13H2,1-5H3/t15-,16-,18+,20+,22-,25+/m0/s1. The monoisotopic (exact) mass is 441 g/mol. The van der Waals surface area contributed by atoms with Crippen LogP contribution in [0.2, 0.25) is 0 Å². The van der Waals surface area contributed by atoms with E-state index in [1.165, 1.54) is 4.88 Å². The molecule has 31 heavy (non-hydrogen) atoms. The molecule has 1 amide bonds. The van der Waals surface area contributed by atoms with Crippen molar-refractivity contribution in [1.29, 1.82) is 0 Å². The van der Waals surface area contributed by atoms with Gasteiger partial charge in [0.1, 0.15) is 5.01 Å². The van der Waals surface area contributed by atoms with Gasteiger partial charge in [-0.2, -0.15) is 0 Å². The maximum atomic E-state index is 13.0. The molecular weight excluding hydrogens is 406 g/mol. The van der Waals surface area contributed by atoms with Gasteiger partial charge < -0.3 is 10.0 Å². The summed E-state index contributed by atoms with van der Waals surface area (Å²) in [6.45, 7) is 12.1. The first-order chi connectivity index (χ1) is 14.8. The summed E-state index contributed by atoms with van der Waals surface area (Å²) < 4.78 is 0. The molecular formula is C25H35N3O2S. The largest absolute Gasteiger partial charge is 0.392 e. The Morgan fingerprint density at radius 1 is 1.39 bits per heavy atom. The number of hydrogen-bond acceptors (Lipinski definition) is 5. The zero-order chi connectivity index (χ0) is 22.3. The van der Waals surface area contributed by atoms with Crippen LogP contribution >= 0.6 is 11.3 Å². The third kappa shape index (κ3) is 3.82. The lowest BCUT2D eigenvalue weighted by Gasteiger charge is -2.53. The van der Waals surface area contributed by atoms with Crippen molar-refractivity contribution in [2.45, 2.75) is 65.9 Å². The molecule has 1 saturated carbocycles. The molecule has 0 aromatic carbocycles. The van der Waals surface area contributed by atoms with E-state index in [1.807, 2.05) is 37.9 Å². The van der Waals surface area contributed by atoms with E-state index in [4.69, 9.17) is 4.98 Å². The number of amides is 1. The molecule has 168 valence electrons. The van der Waals surface area contributed by atoms with E-state index in [2.05, 4.69) is 24.9 Å². The van der Waals surface area contributed by atoms with Crippen molar-refractivity contribution in [3.05, 3.63) is 35.1 Å². The van der Waals surface area contributed by atoms with E-state index < -0.39 is 6.10 Å². The Morgan fingerprint density at radius 2 is 2.13 bits per heavy atom. The van der Waals surface area contributed by atoms with Gasteiger partial charge in [-0.3, -0.25) is 9.78 Å². The van der Waals surface area contributed by atoms with Crippen molar-refractivity contribution in [2.24, 2.45) is 23.2 Å². The van der Waals surface area contributed by atoms with Gasteiger partial charge in [0.15, 0.2) is 0 Å². The summed E-state index contributed by atoms with van der Waals surface area (Å²) in [6, 6.07) is 4.00. The fraction of sp³-hybridized carbons (Fsp3) is 0.640. The van der Waals surface area contributed by atoms with Gasteiger partial charge >= 0.3 is 0 Å². The molecule has 4 rings (SSSR count). The smallest absolute Gasteiger partial charge is 0.225 e. The van der Waals surface area contributed by atoms with Gasteiger partial charge in [0, 0.05) is 47.8 Å². The van der Waals surface area contributed by atoms with E-state index in [1.54, 1.807) is 17.5 Å². The van der Waals surface area contributed by atoms with Crippen LogP contribution in [0.15, 0.2) is 24.5 Å². The third-order valence-electron chi connectivity index (χ3n) is 7.94. The summed E-state index contributed by atoms with van der Waals surface area (Å²) in [4.78, 5) is 25.5. The van der Waals surface area contributed by atoms with Crippen LogP contribution in [0.3, 0.4) is 0 Å². The highest BCUT2D eigenvalue weighted by atomic mass is 32.1. The zero-order valence-electron chi connectivity index (χ0n) is 19.3. The molecule has 0 spiro atoms. The second-order valence-corrected chi connectivity index (χ2v) is 10.8. The van der Waals surface area contributed by atoms with E-state index in [9.17, 15) is 9.90 Å². The average Bonchev–Trinajstić information content (AvgIpc) is 3.18. The number of rotatable bonds is 5. The van der Waals surface area contributed by atoms with Crippen LogP contribution in [0, 0.1) is 23.2 Å². The van der Waals surface area contributed by atoms with Crippen LogP contribution in [0.5, 0.6) is 0 Å². The molecule has 0 bridgehead atoms. The summed E-state index contributed by atoms with van der Waals surface area (Å²) in [7, 11) is 0. The maximum Gasteiger partial charge on any atom is 0.225 e. The number of hydrogen-bond donors (Lipinski definition) is 1. The van der Waals surface area contributed by atoms with Crippen LogP contribution in [0.1, 0.15) is 63.9 Å². The molecule has 5 nitrogen and oxygen atoms in total. The first kappa shape index (κ1) is 22.4. The van der Waals surface area contributed by atoms with Crippen molar-refractivity contribution in [3.63, 3.8) is 0 Å². The van der Waals surface area contributed by atoms with Crippen LogP contribution < -0.4 is 0 Å². The quantitative estimate of drug-likeness (QED) is 0.726.